The van der Waals surface area contributed by atoms with Crippen LogP contribution in [0.1, 0.15) is 28.7 Å². The third-order valence-electron chi connectivity index (χ3n) is 3.03. The van der Waals surface area contributed by atoms with Gasteiger partial charge >= 0.3 is 0 Å². The highest BCUT2D eigenvalue weighted by Crippen LogP contribution is 2.19. The number of nitrogens with two attached hydrogens (primary N) is 1. The molecule has 0 unspecified atom stereocenters. The Morgan fingerprint density at radius 3 is 2.90 bits per heavy atom. The van der Waals surface area contributed by atoms with E-state index in [0.29, 0.717) is 23.6 Å². The van der Waals surface area contributed by atoms with Crippen LogP contribution < -0.4 is 11.1 Å². The number of nitriles is 1. The van der Waals surface area contributed by atoms with Gasteiger partial charge in [0, 0.05) is 12.2 Å². The average molecular weight is 287 g/mol. The number of hydrogen-bond acceptors (Lipinski definition) is 4. The Labute approximate surface area is 121 Å². The molecule has 108 valence electrons. The summed E-state index contributed by atoms with van der Waals surface area (Å²) in [5, 5.41) is 15.5. The van der Waals surface area contributed by atoms with E-state index in [9.17, 15) is 9.18 Å². The molecular formula is C14H14FN5O. The van der Waals surface area contributed by atoms with Crippen LogP contribution in [0.15, 0.2) is 18.2 Å². The molecule has 7 heteroatoms. The molecule has 0 saturated carbocycles. The molecule has 0 fully saturated rings. The maximum Gasteiger partial charge on any atom is 0.276 e. The van der Waals surface area contributed by atoms with E-state index >= 15 is 0 Å². The van der Waals surface area contributed by atoms with Crippen molar-refractivity contribution in [1.29, 1.82) is 5.26 Å². The molecule has 1 aromatic carbocycles. The zero-order chi connectivity index (χ0) is 15.6. The van der Waals surface area contributed by atoms with Gasteiger partial charge in [0.05, 0.1) is 16.9 Å². The number of amides is 1. The highest BCUT2D eigenvalue weighted by Gasteiger charge is 2.19. The maximum atomic E-state index is 13.2. The van der Waals surface area contributed by atoms with Gasteiger partial charge in [-0.05, 0) is 32.0 Å². The molecule has 1 heterocycles. The first-order chi connectivity index (χ1) is 9.97. The lowest BCUT2D eigenvalue weighted by Crippen LogP contribution is -2.19. The fraction of sp³-hybridized carbons (Fsp3) is 0.214. The second kappa shape index (κ2) is 5.63. The first kappa shape index (κ1) is 14.5. The number of carbonyl (C=O) groups excluding carboxylic acids is 1. The molecule has 21 heavy (non-hydrogen) atoms. The number of aromatic nitrogens is 2. The molecule has 0 bridgehead atoms. The molecule has 2 aromatic rings. The van der Waals surface area contributed by atoms with Gasteiger partial charge in [0.25, 0.3) is 5.91 Å². The molecule has 1 amide bonds. The van der Waals surface area contributed by atoms with Crippen LogP contribution in [-0.2, 0) is 6.54 Å². The van der Waals surface area contributed by atoms with Gasteiger partial charge in [-0.2, -0.15) is 10.4 Å². The molecule has 3 N–H and O–H groups in total. The summed E-state index contributed by atoms with van der Waals surface area (Å²) in [4.78, 5) is 12.3. The first-order valence-corrected chi connectivity index (χ1v) is 6.31. The molecule has 0 aliphatic heterocycles. The number of halogens is 1. The Balaban J connectivity index is 2.33. The molecule has 6 nitrogen and oxygen atoms in total. The largest absolute Gasteiger partial charge is 0.395 e. The van der Waals surface area contributed by atoms with Gasteiger partial charge in [-0.25, -0.2) is 4.39 Å². The van der Waals surface area contributed by atoms with Crippen LogP contribution in [0.4, 0.5) is 15.8 Å². The van der Waals surface area contributed by atoms with E-state index in [1.54, 1.807) is 13.0 Å². The van der Waals surface area contributed by atoms with E-state index in [2.05, 4.69) is 10.4 Å². The highest BCUT2D eigenvalue weighted by molar-refractivity contribution is 6.06. The number of anilines is 2. The quantitative estimate of drug-likeness (QED) is 0.902. The van der Waals surface area contributed by atoms with Crippen molar-refractivity contribution >= 4 is 17.3 Å². The van der Waals surface area contributed by atoms with Gasteiger partial charge in [0.2, 0.25) is 0 Å². The summed E-state index contributed by atoms with van der Waals surface area (Å²) in [5.41, 5.74) is 7.16. The lowest BCUT2D eigenvalue weighted by atomic mass is 10.2. The monoisotopic (exact) mass is 287 g/mol. The van der Waals surface area contributed by atoms with Crippen LogP contribution in [-0.4, -0.2) is 15.7 Å². The molecular weight excluding hydrogens is 273 g/mol. The van der Waals surface area contributed by atoms with Crippen molar-refractivity contribution in [3.05, 3.63) is 41.0 Å². The number of benzene rings is 1. The van der Waals surface area contributed by atoms with Gasteiger partial charge in [-0.1, -0.05) is 0 Å². The van der Waals surface area contributed by atoms with Crippen molar-refractivity contribution in [2.24, 2.45) is 0 Å². The third-order valence-corrected chi connectivity index (χ3v) is 3.03. The SMILES string of the molecule is CCn1nc(C)c(N)c1C(=O)Nc1ccc(F)c(C#N)c1. The van der Waals surface area contributed by atoms with E-state index in [4.69, 9.17) is 11.0 Å². The normalized spacial score (nSPS) is 10.2. The van der Waals surface area contributed by atoms with Gasteiger partial charge < -0.3 is 11.1 Å². The van der Waals surface area contributed by atoms with Crippen molar-refractivity contribution in [1.82, 2.24) is 9.78 Å². The van der Waals surface area contributed by atoms with E-state index in [1.807, 2.05) is 6.92 Å². The average Bonchev–Trinajstić information content (AvgIpc) is 2.76. The summed E-state index contributed by atoms with van der Waals surface area (Å²) in [6.07, 6.45) is 0. The summed E-state index contributed by atoms with van der Waals surface area (Å²) in [6.45, 7) is 4.05. The Morgan fingerprint density at radius 1 is 1.57 bits per heavy atom. The zero-order valence-electron chi connectivity index (χ0n) is 11.6. The zero-order valence-corrected chi connectivity index (χ0v) is 11.6. The number of nitrogens with zero attached hydrogens (tertiary/aromatic N) is 3. The molecule has 0 atom stereocenters. The van der Waals surface area contributed by atoms with Gasteiger partial charge in [0.15, 0.2) is 0 Å². The Hall–Kier alpha value is -2.88. The minimum absolute atomic E-state index is 0.138. The summed E-state index contributed by atoms with van der Waals surface area (Å²) in [7, 11) is 0. The van der Waals surface area contributed by atoms with Crippen molar-refractivity contribution in [2.45, 2.75) is 20.4 Å². The minimum Gasteiger partial charge on any atom is -0.395 e. The predicted molar refractivity (Wildman–Crippen MR) is 76.1 cm³/mol. The summed E-state index contributed by atoms with van der Waals surface area (Å²) in [6, 6.07) is 5.49. The van der Waals surface area contributed by atoms with Gasteiger partial charge in [-0.3, -0.25) is 9.48 Å². The minimum atomic E-state index is -0.635. The van der Waals surface area contributed by atoms with E-state index < -0.39 is 11.7 Å². The predicted octanol–water partition coefficient (Wildman–Crippen LogP) is 2.06. The number of hydrogen-bond donors (Lipinski definition) is 2. The highest BCUT2D eigenvalue weighted by atomic mass is 19.1. The molecule has 0 radical (unpaired) electrons. The molecule has 0 aliphatic rings. The molecule has 1 aromatic heterocycles. The van der Waals surface area contributed by atoms with Crippen LogP contribution in [0.2, 0.25) is 0 Å². The number of nitrogens with one attached hydrogen (secondary N) is 1. The molecule has 0 aliphatic carbocycles. The maximum absolute atomic E-state index is 13.2. The van der Waals surface area contributed by atoms with Gasteiger partial charge in [-0.15, -0.1) is 0 Å². The smallest absolute Gasteiger partial charge is 0.276 e. The van der Waals surface area contributed by atoms with Gasteiger partial charge in [0.1, 0.15) is 17.6 Å². The lowest BCUT2D eigenvalue weighted by Gasteiger charge is -2.08. The van der Waals surface area contributed by atoms with Crippen LogP contribution in [0.3, 0.4) is 0 Å². The number of carbonyl (C=O) groups is 1. The van der Waals surface area contributed by atoms with Crippen LogP contribution in [0.5, 0.6) is 0 Å². The second-order valence-corrected chi connectivity index (χ2v) is 4.42. The molecule has 0 spiro atoms. The van der Waals surface area contributed by atoms with Crippen LogP contribution >= 0.6 is 0 Å². The fourth-order valence-electron chi connectivity index (χ4n) is 1.94. The fourth-order valence-corrected chi connectivity index (χ4v) is 1.94. The summed E-state index contributed by atoms with van der Waals surface area (Å²) >= 11 is 0. The van der Waals surface area contributed by atoms with Crippen molar-refractivity contribution in [2.75, 3.05) is 11.1 Å². The van der Waals surface area contributed by atoms with Crippen molar-refractivity contribution in [3.8, 4) is 6.07 Å². The second-order valence-electron chi connectivity index (χ2n) is 4.42. The molecule has 2 rings (SSSR count). The number of aryl methyl sites for hydroxylation is 2. The lowest BCUT2D eigenvalue weighted by molar-refractivity contribution is 0.101. The number of rotatable bonds is 3. The van der Waals surface area contributed by atoms with Crippen LogP contribution in [0.25, 0.3) is 0 Å². The Bertz CT molecular complexity index is 745. The number of nitrogen functional groups attached to an aromatic ring is 1. The molecule has 0 saturated heterocycles. The van der Waals surface area contributed by atoms with Crippen molar-refractivity contribution < 1.29 is 9.18 Å². The first-order valence-electron chi connectivity index (χ1n) is 6.31. The van der Waals surface area contributed by atoms with E-state index in [1.165, 1.54) is 16.8 Å². The standard InChI is InChI=1S/C14H14FN5O/c1-3-20-13(12(17)8(2)19-20)14(21)18-10-4-5-11(15)9(6-10)7-16/h4-6H,3,17H2,1-2H3,(H,18,21). The van der Waals surface area contributed by atoms with E-state index in [-0.39, 0.29) is 11.3 Å². The summed E-state index contributed by atoms with van der Waals surface area (Å²) < 4.78 is 14.7. The Kier molecular flexibility index (Phi) is 3.89. The van der Waals surface area contributed by atoms with E-state index in [0.717, 1.165) is 6.07 Å². The third kappa shape index (κ3) is 2.69. The van der Waals surface area contributed by atoms with Crippen LogP contribution in [0, 0.1) is 24.1 Å². The summed E-state index contributed by atoms with van der Waals surface area (Å²) in [5.74, 6) is -1.09. The Morgan fingerprint density at radius 2 is 2.29 bits per heavy atom. The van der Waals surface area contributed by atoms with Crippen molar-refractivity contribution in [3.63, 3.8) is 0 Å². The topological polar surface area (TPSA) is 96.7 Å².